The molecule has 1 aliphatic rings. The monoisotopic (exact) mass is 268 g/mol. The van der Waals surface area contributed by atoms with E-state index in [1.165, 1.54) is 12.8 Å². The van der Waals surface area contributed by atoms with Crippen molar-refractivity contribution in [2.45, 2.75) is 39.5 Å². The van der Waals surface area contributed by atoms with Gasteiger partial charge >= 0.3 is 0 Å². The average Bonchev–Trinajstić information content (AvgIpc) is 3.29. The fourth-order valence-electron chi connectivity index (χ4n) is 2.45. The number of rotatable bonds is 6. The van der Waals surface area contributed by atoms with Crippen molar-refractivity contribution in [3.63, 3.8) is 0 Å². The fourth-order valence-corrected chi connectivity index (χ4v) is 2.45. The van der Waals surface area contributed by atoms with E-state index in [1.807, 2.05) is 18.7 Å². The Morgan fingerprint density at radius 2 is 2.05 bits per heavy atom. The Hall–Kier alpha value is -2.07. The molecule has 0 atom stereocenters. The molecule has 0 spiro atoms. The SMILES string of the molecule is C#CCN(CC1CC1)c1nnc(CC)c(CC)c1C#N. The van der Waals surface area contributed by atoms with Gasteiger partial charge in [0.05, 0.1) is 12.2 Å². The molecule has 1 aliphatic carbocycles. The number of anilines is 1. The Labute approximate surface area is 120 Å². The van der Waals surface area contributed by atoms with Crippen LogP contribution in [0.5, 0.6) is 0 Å². The molecule has 2 rings (SSSR count). The van der Waals surface area contributed by atoms with Crippen LogP contribution in [0.25, 0.3) is 0 Å². The fraction of sp³-hybridized carbons (Fsp3) is 0.562. The van der Waals surface area contributed by atoms with Crippen molar-refractivity contribution in [3.8, 4) is 18.4 Å². The first-order valence-electron chi connectivity index (χ1n) is 7.22. The van der Waals surface area contributed by atoms with Crippen molar-refractivity contribution >= 4 is 5.82 Å². The Kier molecular flexibility index (Phi) is 4.58. The van der Waals surface area contributed by atoms with E-state index in [2.05, 4.69) is 22.2 Å². The van der Waals surface area contributed by atoms with E-state index in [1.54, 1.807) is 0 Å². The molecule has 1 aromatic rings. The van der Waals surface area contributed by atoms with Crippen LogP contribution >= 0.6 is 0 Å². The molecule has 104 valence electrons. The van der Waals surface area contributed by atoms with Crippen LogP contribution < -0.4 is 4.90 Å². The summed E-state index contributed by atoms with van der Waals surface area (Å²) in [5.41, 5.74) is 2.58. The van der Waals surface area contributed by atoms with Gasteiger partial charge in [-0.2, -0.15) is 10.4 Å². The van der Waals surface area contributed by atoms with Crippen LogP contribution in [0.15, 0.2) is 0 Å². The van der Waals surface area contributed by atoms with Crippen LogP contribution in [0.1, 0.15) is 43.5 Å². The first-order valence-corrected chi connectivity index (χ1v) is 7.22. The van der Waals surface area contributed by atoms with Gasteiger partial charge in [0.1, 0.15) is 11.6 Å². The minimum absolute atomic E-state index is 0.481. The first kappa shape index (κ1) is 14.3. The topological polar surface area (TPSA) is 52.8 Å². The molecule has 0 N–H and O–H groups in total. The van der Waals surface area contributed by atoms with E-state index in [0.29, 0.717) is 23.8 Å². The zero-order valence-corrected chi connectivity index (χ0v) is 12.2. The molecule has 0 radical (unpaired) electrons. The highest BCUT2D eigenvalue weighted by atomic mass is 15.3. The van der Waals surface area contributed by atoms with Crippen LogP contribution in [-0.4, -0.2) is 23.3 Å². The summed E-state index contributed by atoms with van der Waals surface area (Å²) in [6.45, 7) is 5.44. The summed E-state index contributed by atoms with van der Waals surface area (Å²) < 4.78 is 0. The first-order chi connectivity index (χ1) is 9.74. The van der Waals surface area contributed by atoms with Crippen molar-refractivity contribution in [3.05, 3.63) is 16.8 Å². The van der Waals surface area contributed by atoms with Crippen molar-refractivity contribution in [2.24, 2.45) is 5.92 Å². The van der Waals surface area contributed by atoms with Crippen molar-refractivity contribution in [1.82, 2.24) is 10.2 Å². The van der Waals surface area contributed by atoms with Gasteiger partial charge in [-0.1, -0.05) is 19.8 Å². The van der Waals surface area contributed by atoms with Gasteiger partial charge in [-0.05, 0) is 37.2 Å². The number of aryl methyl sites for hydroxylation is 1. The summed E-state index contributed by atoms with van der Waals surface area (Å²) in [7, 11) is 0. The second-order valence-electron chi connectivity index (χ2n) is 5.17. The van der Waals surface area contributed by atoms with Crippen LogP contribution in [0.4, 0.5) is 5.82 Å². The van der Waals surface area contributed by atoms with Crippen LogP contribution in [0.2, 0.25) is 0 Å². The van der Waals surface area contributed by atoms with E-state index in [-0.39, 0.29) is 0 Å². The largest absolute Gasteiger partial charge is 0.343 e. The number of aromatic nitrogens is 2. The van der Waals surface area contributed by atoms with Gasteiger partial charge < -0.3 is 4.90 Å². The molecule has 4 heteroatoms. The summed E-state index contributed by atoms with van der Waals surface area (Å²) in [4.78, 5) is 2.03. The van der Waals surface area contributed by atoms with Crippen LogP contribution in [-0.2, 0) is 12.8 Å². The van der Waals surface area contributed by atoms with Crippen LogP contribution in [0, 0.1) is 29.6 Å². The Bertz CT molecular complexity index is 561. The molecule has 1 fully saturated rings. The van der Waals surface area contributed by atoms with Crippen LogP contribution in [0.3, 0.4) is 0 Å². The maximum absolute atomic E-state index is 9.52. The standard InChI is InChI=1S/C16H20N4/c1-4-9-20(11-12-7-8-12)16-14(10-17)13(5-2)15(6-3)18-19-16/h1,12H,5-9,11H2,2-3H3. The minimum atomic E-state index is 0.481. The molecule has 0 unspecified atom stereocenters. The maximum Gasteiger partial charge on any atom is 0.170 e. The number of hydrogen-bond acceptors (Lipinski definition) is 4. The smallest absolute Gasteiger partial charge is 0.170 e. The summed E-state index contributed by atoms with van der Waals surface area (Å²) >= 11 is 0. The third-order valence-electron chi connectivity index (χ3n) is 3.70. The highest BCUT2D eigenvalue weighted by molar-refractivity contribution is 5.58. The molecule has 0 amide bonds. The summed E-state index contributed by atoms with van der Waals surface area (Å²) in [6.07, 6.45) is 9.53. The third-order valence-corrected chi connectivity index (χ3v) is 3.70. The van der Waals surface area contributed by atoms with Gasteiger partial charge in [0.25, 0.3) is 0 Å². The van der Waals surface area contributed by atoms with Crippen molar-refractivity contribution < 1.29 is 0 Å². The molecule has 0 saturated heterocycles. The molecular weight excluding hydrogens is 248 g/mol. The Balaban J connectivity index is 2.43. The predicted molar refractivity (Wildman–Crippen MR) is 79.3 cm³/mol. The molecular formula is C16H20N4. The molecule has 1 saturated carbocycles. The van der Waals surface area contributed by atoms with Gasteiger partial charge in [-0.3, -0.25) is 0 Å². The van der Waals surface area contributed by atoms with E-state index < -0.39 is 0 Å². The lowest BCUT2D eigenvalue weighted by molar-refractivity contribution is 0.736. The highest BCUT2D eigenvalue weighted by Gasteiger charge is 2.27. The second kappa shape index (κ2) is 6.39. The molecule has 0 aliphatic heterocycles. The van der Waals surface area contributed by atoms with Gasteiger partial charge in [0, 0.05) is 6.54 Å². The number of hydrogen-bond donors (Lipinski definition) is 0. The Morgan fingerprint density at radius 3 is 2.55 bits per heavy atom. The molecule has 1 heterocycles. The Morgan fingerprint density at radius 1 is 1.30 bits per heavy atom. The average molecular weight is 268 g/mol. The number of terminal acetylenes is 1. The quantitative estimate of drug-likeness (QED) is 0.743. The lowest BCUT2D eigenvalue weighted by Crippen LogP contribution is -2.29. The van der Waals surface area contributed by atoms with E-state index >= 15 is 0 Å². The van der Waals surface area contributed by atoms with E-state index in [9.17, 15) is 5.26 Å². The van der Waals surface area contributed by atoms with Gasteiger partial charge in [-0.15, -0.1) is 11.5 Å². The molecule has 1 aromatic heterocycles. The molecule has 20 heavy (non-hydrogen) atoms. The summed E-state index contributed by atoms with van der Waals surface area (Å²) in [5, 5.41) is 18.1. The molecule has 0 bridgehead atoms. The van der Waals surface area contributed by atoms with E-state index in [4.69, 9.17) is 6.42 Å². The number of nitrogens with zero attached hydrogens (tertiary/aromatic N) is 4. The normalized spacial score (nSPS) is 13.6. The zero-order chi connectivity index (χ0) is 14.5. The lowest BCUT2D eigenvalue weighted by Gasteiger charge is -2.23. The summed E-state index contributed by atoms with van der Waals surface area (Å²) in [6, 6.07) is 2.31. The van der Waals surface area contributed by atoms with Gasteiger partial charge in [-0.25, -0.2) is 0 Å². The second-order valence-corrected chi connectivity index (χ2v) is 5.17. The third kappa shape index (κ3) is 2.91. The van der Waals surface area contributed by atoms with Crippen molar-refractivity contribution in [1.29, 1.82) is 5.26 Å². The van der Waals surface area contributed by atoms with Gasteiger partial charge in [0.15, 0.2) is 5.82 Å². The maximum atomic E-state index is 9.52. The van der Waals surface area contributed by atoms with Gasteiger partial charge in [0.2, 0.25) is 0 Å². The zero-order valence-electron chi connectivity index (χ0n) is 12.2. The minimum Gasteiger partial charge on any atom is -0.343 e. The van der Waals surface area contributed by atoms with Crippen molar-refractivity contribution in [2.75, 3.05) is 18.0 Å². The van der Waals surface area contributed by atoms with E-state index in [0.717, 1.165) is 30.6 Å². The lowest BCUT2D eigenvalue weighted by atomic mass is 10.0. The number of nitriles is 1. The molecule has 4 nitrogen and oxygen atoms in total. The molecule has 0 aromatic carbocycles. The summed E-state index contributed by atoms with van der Waals surface area (Å²) in [5.74, 6) is 4.01. The predicted octanol–water partition coefficient (Wildman–Crippen LogP) is 2.32. The highest BCUT2D eigenvalue weighted by Crippen LogP contribution is 2.32.